The molecule has 25 heavy (non-hydrogen) atoms. The lowest BCUT2D eigenvalue weighted by molar-refractivity contribution is -0.241. The summed E-state index contributed by atoms with van der Waals surface area (Å²) in [6, 6.07) is 10.0. The maximum atomic E-state index is 12.0. The van der Waals surface area contributed by atoms with Gasteiger partial charge in [-0.1, -0.05) is 88.0 Å². The average Bonchev–Trinajstić information content (AvgIpc) is 2.66. The Balaban J connectivity index is 2.41. The number of rotatable bonds is 13. The van der Waals surface area contributed by atoms with Crippen LogP contribution < -0.4 is 5.19 Å². The lowest BCUT2D eigenvalue weighted by Gasteiger charge is -2.25. The molecule has 0 heterocycles. The van der Waals surface area contributed by atoms with Gasteiger partial charge in [0.1, 0.15) is 8.07 Å². The molecule has 3 nitrogen and oxygen atoms in total. The number of hydrogen-bond donors (Lipinski definition) is 0. The van der Waals surface area contributed by atoms with Crippen molar-refractivity contribution < 1.29 is 14.6 Å². The second-order valence-electron chi connectivity index (χ2n) is 6.61. The minimum atomic E-state index is -1.62. The van der Waals surface area contributed by atoms with Gasteiger partial charge in [-0.3, -0.25) is 4.89 Å². The molecule has 0 saturated carbocycles. The van der Waals surface area contributed by atoms with E-state index in [0.29, 0.717) is 12.2 Å². The zero-order valence-corrected chi connectivity index (χ0v) is 17.2. The Bertz CT molecular complexity index is 506. The molecule has 0 spiro atoms. The number of benzene rings is 1. The maximum absolute atomic E-state index is 12.0. The molecular weight excluding hydrogens is 328 g/mol. The topological polar surface area (TPSA) is 35.5 Å². The van der Waals surface area contributed by atoms with Gasteiger partial charge in [0.05, 0.1) is 12.2 Å². The van der Waals surface area contributed by atoms with Crippen LogP contribution in [0.25, 0.3) is 0 Å². The average molecular weight is 363 g/mol. The summed E-state index contributed by atoms with van der Waals surface area (Å²) in [5, 5.41) is 1.32. The van der Waals surface area contributed by atoms with Crippen LogP contribution in [0.2, 0.25) is 12.1 Å². The summed E-state index contributed by atoms with van der Waals surface area (Å²) in [6.07, 6.45) is 7.08. The Morgan fingerprint density at radius 1 is 1.00 bits per heavy atom. The molecule has 0 radical (unpaired) electrons. The molecule has 1 rings (SSSR count). The van der Waals surface area contributed by atoms with Crippen molar-refractivity contribution in [3.63, 3.8) is 0 Å². The molecule has 1 aromatic rings. The van der Waals surface area contributed by atoms with E-state index >= 15 is 0 Å². The van der Waals surface area contributed by atoms with Gasteiger partial charge in [-0.15, -0.1) is 6.58 Å². The van der Waals surface area contributed by atoms with Gasteiger partial charge in [-0.25, -0.2) is 4.79 Å². The smallest absolute Gasteiger partial charge is 0.293 e. The monoisotopic (exact) mass is 362 g/mol. The molecule has 0 aliphatic carbocycles. The molecule has 0 aliphatic heterocycles. The maximum Gasteiger partial charge on any atom is 0.373 e. The first kappa shape index (κ1) is 21.6. The molecule has 0 unspecified atom stereocenters. The van der Waals surface area contributed by atoms with E-state index in [0.717, 1.165) is 24.9 Å². The molecule has 0 bridgehead atoms. The second-order valence-corrected chi connectivity index (χ2v) is 11.3. The predicted octanol–water partition coefficient (Wildman–Crippen LogP) is 5.56. The van der Waals surface area contributed by atoms with Crippen LogP contribution in [-0.4, -0.2) is 20.7 Å². The molecule has 0 atom stereocenters. The largest absolute Gasteiger partial charge is 0.373 e. The fourth-order valence-corrected chi connectivity index (χ4v) is 6.05. The molecule has 0 aromatic heterocycles. The summed E-state index contributed by atoms with van der Waals surface area (Å²) in [4.78, 5) is 22.0. The van der Waals surface area contributed by atoms with Crippen molar-refractivity contribution in [3.8, 4) is 0 Å². The number of unbranched alkanes of at least 4 members (excludes halogenated alkanes) is 5. The highest BCUT2D eigenvalue weighted by atomic mass is 28.3. The van der Waals surface area contributed by atoms with Gasteiger partial charge < -0.3 is 0 Å². The van der Waals surface area contributed by atoms with Crippen molar-refractivity contribution >= 4 is 19.2 Å². The fourth-order valence-electron chi connectivity index (χ4n) is 3.09. The summed E-state index contributed by atoms with van der Waals surface area (Å²) in [5.74, 6) is -0.420. The van der Waals surface area contributed by atoms with E-state index in [4.69, 9.17) is 9.78 Å². The highest BCUT2D eigenvalue weighted by Crippen LogP contribution is 2.17. The number of carbonyl (C=O) groups excluding carboxylic acids is 1. The molecular formula is C21H34O3Si. The number of hydrogen-bond acceptors (Lipinski definition) is 3. The standard InChI is InChI=1S/C21H34O3Si/c1-5-9-10-11-12-13-18-23-24-21(22)19-14-16-20(17-15-19)25(6-2,7-3)8-4/h6,14-17H,2,5,7-13,18H2,1,3-4H3. The summed E-state index contributed by atoms with van der Waals surface area (Å²) in [6.45, 7) is 11.1. The van der Waals surface area contributed by atoms with Crippen LogP contribution in [-0.2, 0) is 9.78 Å². The SMILES string of the molecule is C=C[Si](CC)(CC)c1ccc(C(=O)OOCCCCCCCC)cc1. The molecule has 0 amide bonds. The molecule has 0 N–H and O–H groups in total. The van der Waals surface area contributed by atoms with E-state index < -0.39 is 14.0 Å². The molecule has 0 fully saturated rings. The van der Waals surface area contributed by atoms with E-state index in [1.807, 2.05) is 24.3 Å². The first-order chi connectivity index (χ1) is 12.1. The molecule has 4 heteroatoms. The van der Waals surface area contributed by atoms with Crippen molar-refractivity contribution in [2.75, 3.05) is 6.61 Å². The number of carbonyl (C=O) groups is 1. The summed E-state index contributed by atoms with van der Waals surface area (Å²) in [7, 11) is -1.62. The van der Waals surface area contributed by atoms with Crippen molar-refractivity contribution in [2.45, 2.75) is 71.4 Å². The van der Waals surface area contributed by atoms with E-state index in [-0.39, 0.29) is 0 Å². The van der Waals surface area contributed by atoms with Gasteiger partial charge >= 0.3 is 5.97 Å². The summed E-state index contributed by atoms with van der Waals surface area (Å²) < 4.78 is 0. The van der Waals surface area contributed by atoms with E-state index in [9.17, 15) is 4.79 Å². The fraction of sp³-hybridized carbons (Fsp3) is 0.571. The Labute approximate surface area is 154 Å². The Hall–Kier alpha value is -1.39. The zero-order valence-electron chi connectivity index (χ0n) is 16.2. The van der Waals surface area contributed by atoms with Crippen LogP contribution in [0.3, 0.4) is 0 Å². The minimum absolute atomic E-state index is 0.420. The van der Waals surface area contributed by atoms with E-state index in [1.165, 1.54) is 30.9 Å². The lowest BCUT2D eigenvalue weighted by Crippen LogP contribution is -2.44. The van der Waals surface area contributed by atoms with Crippen LogP contribution in [0.4, 0.5) is 0 Å². The minimum Gasteiger partial charge on any atom is -0.293 e. The summed E-state index contributed by atoms with van der Waals surface area (Å²) in [5.41, 5.74) is 2.68. The molecule has 140 valence electrons. The van der Waals surface area contributed by atoms with Crippen LogP contribution in [0.1, 0.15) is 69.7 Å². The van der Waals surface area contributed by atoms with Gasteiger partial charge in [0.15, 0.2) is 0 Å². The van der Waals surface area contributed by atoms with Crippen LogP contribution >= 0.6 is 0 Å². The normalized spacial score (nSPS) is 11.3. The molecule has 0 saturated heterocycles. The first-order valence-electron chi connectivity index (χ1n) is 9.71. The predicted molar refractivity (Wildman–Crippen MR) is 108 cm³/mol. The van der Waals surface area contributed by atoms with Crippen molar-refractivity contribution in [1.82, 2.24) is 0 Å². The third-order valence-corrected chi connectivity index (χ3v) is 9.85. The van der Waals surface area contributed by atoms with E-state index in [1.54, 1.807) is 0 Å². The third kappa shape index (κ3) is 6.79. The first-order valence-corrected chi connectivity index (χ1v) is 12.2. The quantitative estimate of drug-likeness (QED) is 0.199. The van der Waals surface area contributed by atoms with Crippen LogP contribution in [0.5, 0.6) is 0 Å². The Kier molecular flexibility index (Phi) is 10.4. The van der Waals surface area contributed by atoms with Gasteiger partial charge in [0.25, 0.3) is 0 Å². The highest BCUT2D eigenvalue weighted by Gasteiger charge is 2.27. The van der Waals surface area contributed by atoms with Crippen molar-refractivity contribution in [1.29, 1.82) is 0 Å². The molecule has 1 aromatic carbocycles. The van der Waals surface area contributed by atoms with E-state index in [2.05, 4.69) is 33.0 Å². The van der Waals surface area contributed by atoms with Gasteiger partial charge in [0.2, 0.25) is 0 Å². The third-order valence-electron chi connectivity index (χ3n) is 5.06. The summed E-state index contributed by atoms with van der Waals surface area (Å²) >= 11 is 0. The Morgan fingerprint density at radius 3 is 2.16 bits per heavy atom. The van der Waals surface area contributed by atoms with Gasteiger partial charge in [-0.05, 0) is 18.6 Å². The second kappa shape index (κ2) is 12.0. The van der Waals surface area contributed by atoms with Crippen molar-refractivity contribution in [2.24, 2.45) is 0 Å². The van der Waals surface area contributed by atoms with Crippen LogP contribution in [0.15, 0.2) is 36.5 Å². The highest BCUT2D eigenvalue weighted by molar-refractivity contribution is 6.95. The lowest BCUT2D eigenvalue weighted by atomic mass is 10.1. The Morgan fingerprint density at radius 2 is 1.60 bits per heavy atom. The van der Waals surface area contributed by atoms with Crippen molar-refractivity contribution in [3.05, 3.63) is 42.1 Å². The van der Waals surface area contributed by atoms with Gasteiger partial charge in [0, 0.05) is 0 Å². The van der Waals surface area contributed by atoms with Crippen LogP contribution in [0, 0.1) is 0 Å². The zero-order chi connectivity index (χ0) is 18.5. The van der Waals surface area contributed by atoms with Gasteiger partial charge in [-0.2, -0.15) is 4.89 Å². The molecule has 0 aliphatic rings.